The molecule has 3 aromatic rings. The zero-order valence-corrected chi connectivity index (χ0v) is 13.6. The van der Waals surface area contributed by atoms with Crippen LogP contribution in [0.1, 0.15) is 11.7 Å². The highest BCUT2D eigenvalue weighted by Crippen LogP contribution is 2.46. The zero-order chi connectivity index (χ0) is 16.1. The van der Waals surface area contributed by atoms with Crippen LogP contribution in [-0.2, 0) is 4.57 Å². The molecule has 0 amide bonds. The first-order valence-corrected chi connectivity index (χ1v) is 9.53. The molecule has 0 bridgehead atoms. The van der Waals surface area contributed by atoms with Crippen molar-refractivity contribution in [1.82, 2.24) is 0 Å². The molecule has 23 heavy (non-hydrogen) atoms. The molecular formula is C20H19O2P. The molecule has 0 fully saturated rings. The summed E-state index contributed by atoms with van der Waals surface area (Å²) in [7, 11) is -2.90. The molecule has 1 N–H and O–H groups in total. The van der Waals surface area contributed by atoms with E-state index in [2.05, 4.69) is 0 Å². The highest BCUT2D eigenvalue weighted by molar-refractivity contribution is 7.78. The van der Waals surface area contributed by atoms with E-state index in [1.165, 1.54) is 0 Å². The van der Waals surface area contributed by atoms with Crippen LogP contribution in [0, 0.1) is 0 Å². The summed E-state index contributed by atoms with van der Waals surface area (Å²) in [5.41, 5.74) is 0.791. The van der Waals surface area contributed by atoms with Gasteiger partial charge in [0.1, 0.15) is 7.14 Å². The van der Waals surface area contributed by atoms with Crippen molar-refractivity contribution in [2.24, 2.45) is 0 Å². The van der Waals surface area contributed by atoms with E-state index in [9.17, 15) is 9.67 Å². The maximum absolute atomic E-state index is 13.8. The van der Waals surface area contributed by atoms with Crippen molar-refractivity contribution in [3.05, 3.63) is 96.6 Å². The molecule has 116 valence electrons. The maximum Gasteiger partial charge on any atom is 0.146 e. The molecule has 2 nitrogen and oxygen atoms in total. The van der Waals surface area contributed by atoms with Gasteiger partial charge < -0.3 is 9.67 Å². The topological polar surface area (TPSA) is 37.3 Å². The average Bonchev–Trinajstić information content (AvgIpc) is 2.64. The standard InChI is InChI=1S/C20H19O2P/c21-20(17-10-4-1-5-11-17)16-23(22,18-12-6-2-7-13-18)19-14-8-3-9-15-19/h1-15,20-21H,16H2/t20-/m1/s1. The van der Waals surface area contributed by atoms with E-state index >= 15 is 0 Å². The van der Waals surface area contributed by atoms with Crippen molar-refractivity contribution < 1.29 is 9.67 Å². The molecule has 0 saturated carbocycles. The summed E-state index contributed by atoms with van der Waals surface area (Å²) < 4.78 is 13.8. The van der Waals surface area contributed by atoms with Crippen molar-refractivity contribution in [2.45, 2.75) is 6.10 Å². The van der Waals surface area contributed by atoms with Crippen molar-refractivity contribution in [3.63, 3.8) is 0 Å². The average molecular weight is 322 g/mol. The molecular weight excluding hydrogens is 303 g/mol. The predicted octanol–water partition coefficient (Wildman–Crippen LogP) is 3.73. The predicted molar refractivity (Wildman–Crippen MR) is 96.0 cm³/mol. The van der Waals surface area contributed by atoms with E-state index in [4.69, 9.17) is 0 Å². The largest absolute Gasteiger partial charge is 0.388 e. The van der Waals surface area contributed by atoms with Crippen molar-refractivity contribution >= 4 is 17.8 Å². The Bertz CT molecular complexity index is 742. The van der Waals surface area contributed by atoms with Crippen LogP contribution in [0.3, 0.4) is 0 Å². The van der Waals surface area contributed by atoms with Crippen LogP contribution in [0.15, 0.2) is 91.0 Å². The third-order valence-electron chi connectivity index (χ3n) is 3.96. The van der Waals surface area contributed by atoms with Gasteiger partial charge >= 0.3 is 0 Å². The smallest absolute Gasteiger partial charge is 0.146 e. The quantitative estimate of drug-likeness (QED) is 0.727. The summed E-state index contributed by atoms with van der Waals surface area (Å²) in [5.74, 6) is 0. The van der Waals surface area contributed by atoms with Gasteiger partial charge in [-0.2, -0.15) is 0 Å². The second-order valence-electron chi connectivity index (χ2n) is 5.52. The molecule has 0 radical (unpaired) electrons. The fourth-order valence-corrected chi connectivity index (χ4v) is 5.45. The summed E-state index contributed by atoms with van der Waals surface area (Å²) in [6.07, 6.45) is -0.562. The van der Waals surface area contributed by atoms with Gasteiger partial charge in [-0.25, -0.2) is 0 Å². The molecule has 0 unspecified atom stereocenters. The summed E-state index contributed by atoms with van der Waals surface area (Å²) in [5, 5.41) is 12.2. The fraction of sp³-hybridized carbons (Fsp3) is 0.100. The van der Waals surface area contributed by atoms with Gasteiger partial charge in [-0.15, -0.1) is 0 Å². The second-order valence-corrected chi connectivity index (χ2v) is 8.40. The molecule has 3 aromatic carbocycles. The minimum atomic E-state index is -2.90. The molecule has 0 aliphatic heterocycles. The van der Waals surface area contributed by atoms with E-state index in [-0.39, 0.29) is 6.16 Å². The number of hydrogen-bond acceptors (Lipinski definition) is 2. The zero-order valence-electron chi connectivity index (χ0n) is 12.7. The molecule has 0 aromatic heterocycles. The highest BCUT2D eigenvalue weighted by atomic mass is 31.2. The van der Waals surface area contributed by atoms with Crippen LogP contribution in [0.25, 0.3) is 0 Å². The van der Waals surface area contributed by atoms with Crippen LogP contribution < -0.4 is 10.6 Å². The van der Waals surface area contributed by atoms with Gasteiger partial charge in [0.25, 0.3) is 0 Å². The van der Waals surface area contributed by atoms with Gasteiger partial charge in [0.15, 0.2) is 0 Å². The lowest BCUT2D eigenvalue weighted by atomic mass is 10.1. The first-order chi connectivity index (χ1) is 11.2. The van der Waals surface area contributed by atoms with Gasteiger partial charge in [-0.05, 0) is 5.56 Å². The fourth-order valence-electron chi connectivity index (χ4n) is 2.72. The lowest BCUT2D eigenvalue weighted by molar-refractivity contribution is 0.202. The third-order valence-corrected chi connectivity index (χ3v) is 7.09. The van der Waals surface area contributed by atoms with Crippen LogP contribution in [0.4, 0.5) is 0 Å². The first-order valence-electron chi connectivity index (χ1n) is 7.63. The van der Waals surface area contributed by atoms with E-state index in [0.717, 1.165) is 16.2 Å². The molecule has 3 heteroatoms. The monoisotopic (exact) mass is 322 g/mol. The van der Waals surface area contributed by atoms with Gasteiger partial charge in [0.2, 0.25) is 0 Å². The molecule has 0 aliphatic carbocycles. The van der Waals surface area contributed by atoms with Gasteiger partial charge in [-0.3, -0.25) is 0 Å². The molecule has 1 atom stereocenters. The lowest BCUT2D eigenvalue weighted by Crippen LogP contribution is -2.21. The first kappa shape index (κ1) is 15.7. The number of rotatable bonds is 5. The van der Waals surface area contributed by atoms with Crippen LogP contribution in [0.2, 0.25) is 0 Å². The maximum atomic E-state index is 13.8. The van der Waals surface area contributed by atoms with Crippen LogP contribution in [0.5, 0.6) is 0 Å². The Hall–Kier alpha value is -2.15. The van der Waals surface area contributed by atoms with Crippen molar-refractivity contribution in [2.75, 3.05) is 6.16 Å². The summed E-state index contributed by atoms with van der Waals surface area (Å²) in [4.78, 5) is 0. The molecule has 0 heterocycles. The minimum absolute atomic E-state index is 0.199. The Morgan fingerprint density at radius 2 is 1.09 bits per heavy atom. The van der Waals surface area contributed by atoms with Gasteiger partial charge in [0.05, 0.1) is 6.10 Å². The van der Waals surface area contributed by atoms with Crippen molar-refractivity contribution in [1.29, 1.82) is 0 Å². The minimum Gasteiger partial charge on any atom is -0.388 e. The Morgan fingerprint density at radius 1 is 0.696 bits per heavy atom. The Kier molecular flexibility index (Phi) is 4.76. The van der Waals surface area contributed by atoms with E-state index in [1.807, 2.05) is 91.0 Å². The Labute approximate surface area is 136 Å². The van der Waals surface area contributed by atoms with Gasteiger partial charge in [0, 0.05) is 16.8 Å². The molecule has 0 spiro atoms. The van der Waals surface area contributed by atoms with E-state index < -0.39 is 13.2 Å². The summed E-state index contributed by atoms with van der Waals surface area (Å²) >= 11 is 0. The van der Waals surface area contributed by atoms with Crippen LogP contribution >= 0.6 is 7.14 Å². The number of benzene rings is 3. The normalized spacial score (nSPS) is 12.7. The SMILES string of the molecule is O=P(C[C@@H](O)c1ccccc1)(c1ccccc1)c1ccccc1. The highest BCUT2D eigenvalue weighted by Gasteiger charge is 2.30. The van der Waals surface area contributed by atoms with E-state index in [1.54, 1.807) is 0 Å². The van der Waals surface area contributed by atoms with Crippen molar-refractivity contribution in [3.8, 4) is 0 Å². The summed E-state index contributed by atoms with van der Waals surface area (Å²) in [6.45, 7) is 0. The molecule has 0 saturated heterocycles. The molecule has 3 rings (SSSR count). The summed E-state index contributed by atoms with van der Waals surface area (Å²) in [6, 6.07) is 28.3. The molecule has 0 aliphatic rings. The van der Waals surface area contributed by atoms with E-state index in [0.29, 0.717) is 0 Å². The number of aliphatic hydroxyl groups is 1. The Morgan fingerprint density at radius 3 is 1.52 bits per heavy atom. The Balaban J connectivity index is 2.02. The second kappa shape index (κ2) is 6.95. The number of aliphatic hydroxyl groups excluding tert-OH is 1. The van der Waals surface area contributed by atoms with Crippen LogP contribution in [-0.4, -0.2) is 11.3 Å². The lowest BCUT2D eigenvalue weighted by Gasteiger charge is -2.22. The van der Waals surface area contributed by atoms with Gasteiger partial charge in [-0.1, -0.05) is 91.0 Å². The number of hydrogen-bond donors (Lipinski definition) is 1. The third kappa shape index (κ3) is 3.44.